The van der Waals surface area contributed by atoms with E-state index in [1.54, 1.807) is 0 Å². The minimum Gasteiger partial charge on any atom is -0.354 e. The number of hydrogen-bond donors (Lipinski definition) is 1. The average molecular weight is 282 g/mol. The Balaban J connectivity index is 2.34. The van der Waals surface area contributed by atoms with Crippen molar-refractivity contribution in [2.45, 2.75) is 16.2 Å². The lowest BCUT2D eigenvalue weighted by atomic mass is 10.5. The molecule has 0 atom stereocenters. The first kappa shape index (κ1) is 12.8. The summed E-state index contributed by atoms with van der Waals surface area (Å²) < 4.78 is 0.958. The van der Waals surface area contributed by atoms with Crippen LogP contribution in [0, 0.1) is 10.1 Å². The van der Waals surface area contributed by atoms with Crippen LogP contribution in [-0.4, -0.2) is 21.4 Å². The van der Waals surface area contributed by atoms with Gasteiger partial charge in [-0.1, -0.05) is 17.8 Å². The molecule has 0 saturated carbocycles. The first-order valence-corrected chi connectivity index (χ1v) is 6.87. The Morgan fingerprint density at radius 2 is 2.44 bits per heavy atom. The fraction of sp³-hybridized carbons (Fsp3) is 0.200. The lowest BCUT2D eigenvalue weighted by Gasteiger charge is -2.04. The number of nitro groups is 1. The van der Waals surface area contributed by atoms with Gasteiger partial charge in [0.25, 0.3) is 0 Å². The molecule has 6 nitrogen and oxygen atoms in total. The average Bonchev–Trinajstić information content (AvgIpc) is 2.82. The molecule has 2 aromatic rings. The summed E-state index contributed by atoms with van der Waals surface area (Å²) in [6, 6.07) is 3.79. The third kappa shape index (κ3) is 2.96. The highest BCUT2D eigenvalue weighted by Crippen LogP contribution is 2.35. The van der Waals surface area contributed by atoms with Crippen LogP contribution in [0.2, 0.25) is 0 Å². The number of aromatic nitrogens is 2. The van der Waals surface area contributed by atoms with Gasteiger partial charge in [0.15, 0.2) is 5.03 Å². The summed E-state index contributed by atoms with van der Waals surface area (Å²) in [5.41, 5.74) is -0.0740. The molecule has 2 rings (SSSR count). The maximum atomic E-state index is 10.9. The Kier molecular flexibility index (Phi) is 4.11. The Morgan fingerprint density at radius 1 is 1.61 bits per heavy atom. The number of nitrogens with one attached hydrogen (secondary N) is 1. The summed E-state index contributed by atoms with van der Waals surface area (Å²) in [6.07, 6.45) is 1.24. The van der Waals surface area contributed by atoms with Crippen LogP contribution in [0.3, 0.4) is 0 Å². The van der Waals surface area contributed by atoms with E-state index in [2.05, 4.69) is 15.3 Å². The Bertz CT molecular complexity index is 545. The summed E-state index contributed by atoms with van der Waals surface area (Å²) in [5.74, 6) is 0.405. The van der Waals surface area contributed by atoms with E-state index in [9.17, 15) is 10.1 Å². The SMILES string of the molecule is CCNc1ncc([N+](=O)[O-])c(Sc2cccs2)n1. The molecule has 0 amide bonds. The molecule has 1 N–H and O–H groups in total. The second kappa shape index (κ2) is 5.78. The highest BCUT2D eigenvalue weighted by atomic mass is 32.2. The van der Waals surface area contributed by atoms with Gasteiger partial charge in [-0.15, -0.1) is 11.3 Å². The number of nitrogens with zero attached hydrogens (tertiary/aromatic N) is 3. The molecule has 0 spiro atoms. The number of anilines is 1. The number of hydrogen-bond acceptors (Lipinski definition) is 7. The van der Waals surface area contributed by atoms with Gasteiger partial charge in [-0.3, -0.25) is 10.1 Å². The first-order chi connectivity index (χ1) is 8.70. The van der Waals surface area contributed by atoms with Crippen molar-refractivity contribution < 1.29 is 4.92 Å². The van der Waals surface area contributed by atoms with Gasteiger partial charge in [-0.05, 0) is 18.4 Å². The van der Waals surface area contributed by atoms with Gasteiger partial charge in [0, 0.05) is 6.54 Å². The summed E-state index contributed by atoms with van der Waals surface area (Å²) in [4.78, 5) is 18.5. The second-order valence-electron chi connectivity index (χ2n) is 3.21. The maximum Gasteiger partial charge on any atom is 0.320 e. The molecule has 0 fully saturated rings. The molecule has 94 valence electrons. The van der Waals surface area contributed by atoms with E-state index >= 15 is 0 Å². The van der Waals surface area contributed by atoms with Crippen molar-refractivity contribution in [2.24, 2.45) is 0 Å². The van der Waals surface area contributed by atoms with Crippen LogP contribution in [-0.2, 0) is 0 Å². The molecule has 2 heterocycles. The van der Waals surface area contributed by atoms with Crippen molar-refractivity contribution in [3.05, 3.63) is 33.8 Å². The van der Waals surface area contributed by atoms with Crippen LogP contribution >= 0.6 is 23.1 Å². The van der Waals surface area contributed by atoms with Crippen molar-refractivity contribution in [3.8, 4) is 0 Å². The predicted molar refractivity (Wildman–Crippen MR) is 71.3 cm³/mol. The highest BCUT2D eigenvalue weighted by Gasteiger charge is 2.18. The Labute approximate surface area is 112 Å². The summed E-state index contributed by atoms with van der Waals surface area (Å²) >= 11 is 2.79. The van der Waals surface area contributed by atoms with Gasteiger partial charge in [0.1, 0.15) is 6.20 Å². The molecule has 18 heavy (non-hydrogen) atoms. The quantitative estimate of drug-likeness (QED) is 0.515. The molecule has 0 aliphatic heterocycles. The van der Waals surface area contributed by atoms with Gasteiger partial charge < -0.3 is 5.32 Å². The third-order valence-electron chi connectivity index (χ3n) is 1.96. The highest BCUT2D eigenvalue weighted by molar-refractivity contribution is 8.01. The van der Waals surface area contributed by atoms with Gasteiger partial charge in [0.2, 0.25) is 5.95 Å². The molecular weight excluding hydrogens is 272 g/mol. The topological polar surface area (TPSA) is 81.0 Å². The van der Waals surface area contributed by atoms with Crippen LogP contribution in [0.4, 0.5) is 11.6 Å². The van der Waals surface area contributed by atoms with Crippen molar-refractivity contribution in [2.75, 3.05) is 11.9 Å². The molecule has 0 saturated heterocycles. The van der Waals surface area contributed by atoms with Crippen LogP contribution in [0.1, 0.15) is 6.92 Å². The number of thiophene rings is 1. The molecule has 0 bridgehead atoms. The van der Waals surface area contributed by atoms with E-state index in [1.165, 1.54) is 29.3 Å². The zero-order valence-electron chi connectivity index (χ0n) is 9.49. The Hall–Kier alpha value is -1.67. The molecule has 0 unspecified atom stereocenters. The van der Waals surface area contributed by atoms with E-state index in [1.807, 2.05) is 24.4 Å². The number of rotatable bonds is 5. The summed E-state index contributed by atoms with van der Waals surface area (Å²) in [6.45, 7) is 2.58. The molecule has 0 aliphatic rings. The monoisotopic (exact) mass is 282 g/mol. The molecule has 2 aromatic heterocycles. The van der Waals surface area contributed by atoms with Crippen LogP contribution < -0.4 is 5.32 Å². The predicted octanol–water partition coefficient (Wildman–Crippen LogP) is 3.03. The second-order valence-corrected chi connectivity index (χ2v) is 5.44. The maximum absolute atomic E-state index is 10.9. The zero-order valence-corrected chi connectivity index (χ0v) is 11.1. The van der Waals surface area contributed by atoms with Crippen LogP contribution in [0.15, 0.2) is 32.9 Å². The molecular formula is C10H10N4O2S2. The Morgan fingerprint density at radius 3 is 3.06 bits per heavy atom. The van der Waals surface area contributed by atoms with Crippen LogP contribution in [0.25, 0.3) is 0 Å². The molecule has 0 aromatic carbocycles. The fourth-order valence-corrected chi connectivity index (χ4v) is 2.97. The van der Waals surface area contributed by atoms with E-state index in [-0.39, 0.29) is 5.69 Å². The van der Waals surface area contributed by atoms with Crippen LogP contribution in [0.5, 0.6) is 0 Å². The minimum atomic E-state index is -0.467. The van der Waals surface area contributed by atoms with Crippen molar-refractivity contribution in [1.29, 1.82) is 0 Å². The van der Waals surface area contributed by atoms with Gasteiger partial charge in [-0.2, -0.15) is 4.98 Å². The molecule has 0 radical (unpaired) electrons. The van der Waals surface area contributed by atoms with Crippen molar-refractivity contribution in [1.82, 2.24) is 9.97 Å². The molecule has 8 heteroatoms. The largest absolute Gasteiger partial charge is 0.354 e. The van der Waals surface area contributed by atoms with E-state index in [0.29, 0.717) is 17.5 Å². The minimum absolute atomic E-state index is 0.0740. The first-order valence-electron chi connectivity index (χ1n) is 5.17. The standard InChI is InChI=1S/C10H10N4O2S2/c1-2-11-10-12-6-7(14(15)16)9(13-10)18-8-4-3-5-17-8/h3-6H,2H2,1H3,(H,11,12,13). The summed E-state index contributed by atoms with van der Waals surface area (Å²) in [5, 5.41) is 16.1. The van der Waals surface area contributed by atoms with Gasteiger partial charge in [-0.25, -0.2) is 4.98 Å². The zero-order chi connectivity index (χ0) is 13.0. The van der Waals surface area contributed by atoms with Gasteiger partial charge >= 0.3 is 5.69 Å². The smallest absolute Gasteiger partial charge is 0.320 e. The normalized spacial score (nSPS) is 10.3. The van der Waals surface area contributed by atoms with E-state index in [4.69, 9.17) is 0 Å². The fourth-order valence-electron chi connectivity index (χ4n) is 1.22. The molecule has 0 aliphatic carbocycles. The lowest BCUT2D eigenvalue weighted by molar-refractivity contribution is -0.388. The summed E-state index contributed by atoms with van der Waals surface area (Å²) in [7, 11) is 0. The lowest BCUT2D eigenvalue weighted by Crippen LogP contribution is -2.04. The van der Waals surface area contributed by atoms with Crippen molar-refractivity contribution in [3.63, 3.8) is 0 Å². The van der Waals surface area contributed by atoms with E-state index < -0.39 is 4.92 Å². The van der Waals surface area contributed by atoms with Gasteiger partial charge in [0.05, 0.1) is 9.13 Å². The third-order valence-corrected chi connectivity index (χ3v) is 3.99. The van der Waals surface area contributed by atoms with Crippen molar-refractivity contribution >= 4 is 34.7 Å². The van der Waals surface area contributed by atoms with E-state index in [0.717, 1.165) is 4.21 Å².